The number of hydrogen-bond donors (Lipinski definition) is 2. The SMILES string of the molecule is CCCCS(=O)(=O)NCCc1cccc(O)c1. The molecule has 96 valence electrons. The lowest BCUT2D eigenvalue weighted by Gasteiger charge is -2.06. The van der Waals surface area contributed by atoms with Crippen molar-refractivity contribution in [3.05, 3.63) is 29.8 Å². The number of phenolic OH excluding ortho intramolecular Hbond substituents is 1. The van der Waals surface area contributed by atoms with Crippen molar-refractivity contribution in [2.24, 2.45) is 0 Å². The van der Waals surface area contributed by atoms with Gasteiger partial charge >= 0.3 is 0 Å². The smallest absolute Gasteiger partial charge is 0.211 e. The van der Waals surface area contributed by atoms with E-state index in [1.54, 1.807) is 18.2 Å². The Morgan fingerprint density at radius 3 is 2.76 bits per heavy atom. The van der Waals surface area contributed by atoms with E-state index in [-0.39, 0.29) is 11.5 Å². The van der Waals surface area contributed by atoms with Gasteiger partial charge in [0.25, 0.3) is 0 Å². The van der Waals surface area contributed by atoms with Crippen LogP contribution in [0, 0.1) is 0 Å². The molecule has 0 aliphatic rings. The average Bonchev–Trinajstić information content (AvgIpc) is 2.26. The third-order valence-corrected chi connectivity index (χ3v) is 3.88. The van der Waals surface area contributed by atoms with E-state index in [1.165, 1.54) is 0 Å². The molecule has 17 heavy (non-hydrogen) atoms. The van der Waals surface area contributed by atoms with Crippen LogP contribution in [-0.4, -0.2) is 25.8 Å². The van der Waals surface area contributed by atoms with Crippen LogP contribution in [-0.2, 0) is 16.4 Å². The molecule has 0 aromatic heterocycles. The quantitative estimate of drug-likeness (QED) is 0.780. The van der Waals surface area contributed by atoms with Crippen molar-refractivity contribution in [3.63, 3.8) is 0 Å². The zero-order valence-electron chi connectivity index (χ0n) is 10.0. The Bertz CT molecular complexity index is 443. The molecule has 1 aromatic rings. The molecule has 0 spiro atoms. The zero-order valence-corrected chi connectivity index (χ0v) is 10.8. The predicted molar refractivity (Wildman–Crippen MR) is 68.5 cm³/mol. The summed E-state index contributed by atoms with van der Waals surface area (Å²) in [6.45, 7) is 2.33. The summed E-state index contributed by atoms with van der Waals surface area (Å²) in [6.07, 6.45) is 2.13. The molecule has 1 rings (SSSR count). The van der Waals surface area contributed by atoms with Crippen LogP contribution in [0.1, 0.15) is 25.3 Å². The summed E-state index contributed by atoms with van der Waals surface area (Å²) in [5.74, 6) is 0.389. The van der Waals surface area contributed by atoms with Crippen LogP contribution in [0.15, 0.2) is 24.3 Å². The minimum absolute atomic E-state index is 0.184. The molecule has 0 saturated carbocycles. The van der Waals surface area contributed by atoms with Gasteiger partial charge in [0.2, 0.25) is 10.0 Å². The molecule has 0 bridgehead atoms. The second-order valence-corrected chi connectivity index (χ2v) is 5.91. The Hall–Kier alpha value is -1.07. The van der Waals surface area contributed by atoms with E-state index in [2.05, 4.69) is 4.72 Å². The first-order chi connectivity index (χ1) is 8.03. The van der Waals surface area contributed by atoms with E-state index in [0.717, 1.165) is 12.0 Å². The van der Waals surface area contributed by atoms with Crippen LogP contribution in [0.2, 0.25) is 0 Å². The van der Waals surface area contributed by atoms with Gasteiger partial charge in [-0.2, -0.15) is 0 Å². The Morgan fingerprint density at radius 2 is 2.12 bits per heavy atom. The van der Waals surface area contributed by atoms with Crippen LogP contribution in [0.5, 0.6) is 5.75 Å². The van der Waals surface area contributed by atoms with Gasteiger partial charge < -0.3 is 5.11 Å². The highest BCUT2D eigenvalue weighted by atomic mass is 32.2. The van der Waals surface area contributed by atoms with E-state index in [1.807, 2.05) is 13.0 Å². The molecule has 0 atom stereocenters. The highest BCUT2D eigenvalue weighted by Crippen LogP contribution is 2.10. The van der Waals surface area contributed by atoms with Gasteiger partial charge in [-0.15, -0.1) is 0 Å². The topological polar surface area (TPSA) is 66.4 Å². The lowest BCUT2D eigenvalue weighted by Crippen LogP contribution is -2.28. The molecular weight excluding hydrogens is 238 g/mol. The maximum absolute atomic E-state index is 11.5. The number of rotatable bonds is 7. The number of benzene rings is 1. The lowest BCUT2D eigenvalue weighted by molar-refractivity contribution is 0.474. The van der Waals surface area contributed by atoms with Gasteiger partial charge in [-0.25, -0.2) is 13.1 Å². The molecule has 0 aliphatic carbocycles. The van der Waals surface area contributed by atoms with Crippen molar-refractivity contribution in [3.8, 4) is 5.75 Å². The highest BCUT2D eigenvalue weighted by molar-refractivity contribution is 7.89. The standard InChI is InChI=1S/C12H19NO3S/c1-2-3-9-17(15,16)13-8-7-11-5-4-6-12(14)10-11/h4-6,10,13-14H,2-3,7-9H2,1H3. The zero-order chi connectivity index (χ0) is 12.7. The molecule has 0 amide bonds. The summed E-state index contributed by atoms with van der Waals surface area (Å²) in [5.41, 5.74) is 0.920. The molecule has 1 aromatic carbocycles. The average molecular weight is 257 g/mol. The fraction of sp³-hybridized carbons (Fsp3) is 0.500. The molecule has 5 heteroatoms. The fourth-order valence-corrected chi connectivity index (χ4v) is 2.70. The first-order valence-corrected chi connectivity index (χ1v) is 7.44. The molecule has 2 N–H and O–H groups in total. The Labute approximate surface area is 103 Å². The third-order valence-electron chi connectivity index (χ3n) is 2.41. The van der Waals surface area contributed by atoms with E-state index in [9.17, 15) is 13.5 Å². The number of unbranched alkanes of at least 4 members (excludes halogenated alkanes) is 1. The van der Waals surface area contributed by atoms with Crippen molar-refractivity contribution >= 4 is 10.0 Å². The number of phenols is 1. The van der Waals surface area contributed by atoms with Gasteiger partial charge in [-0.1, -0.05) is 25.5 Å². The van der Waals surface area contributed by atoms with Crippen molar-refractivity contribution in [1.29, 1.82) is 0 Å². The second-order valence-electron chi connectivity index (χ2n) is 3.99. The van der Waals surface area contributed by atoms with Crippen LogP contribution < -0.4 is 4.72 Å². The van der Waals surface area contributed by atoms with Crippen molar-refractivity contribution in [1.82, 2.24) is 4.72 Å². The summed E-state index contributed by atoms with van der Waals surface area (Å²) in [4.78, 5) is 0. The van der Waals surface area contributed by atoms with Gasteiger partial charge in [-0.05, 0) is 30.5 Å². The van der Waals surface area contributed by atoms with Gasteiger partial charge in [0.1, 0.15) is 5.75 Å². The first-order valence-electron chi connectivity index (χ1n) is 5.79. The van der Waals surface area contributed by atoms with Crippen LogP contribution in [0.25, 0.3) is 0 Å². The molecule has 0 aliphatic heterocycles. The minimum atomic E-state index is -3.14. The number of hydrogen-bond acceptors (Lipinski definition) is 3. The minimum Gasteiger partial charge on any atom is -0.508 e. The summed E-state index contributed by atoms with van der Waals surface area (Å²) >= 11 is 0. The van der Waals surface area contributed by atoms with Gasteiger partial charge in [0.15, 0.2) is 0 Å². The van der Waals surface area contributed by atoms with E-state index < -0.39 is 10.0 Å². The van der Waals surface area contributed by atoms with Crippen molar-refractivity contribution in [2.45, 2.75) is 26.2 Å². The molecule has 0 saturated heterocycles. The number of nitrogens with one attached hydrogen (secondary N) is 1. The molecule has 0 radical (unpaired) electrons. The molecule has 0 unspecified atom stereocenters. The third kappa shape index (κ3) is 5.70. The van der Waals surface area contributed by atoms with Gasteiger partial charge in [0.05, 0.1) is 5.75 Å². The largest absolute Gasteiger partial charge is 0.508 e. The van der Waals surface area contributed by atoms with E-state index >= 15 is 0 Å². The summed E-state index contributed by atoms with van der Waals surface area (Å²) in [5, 5.41) is 9.25. The maximum atomic E-state index is 11.5. The lowest BCUT2D eigenvalue weighted by atomic mass is 10.1. The van der Waals surface area contributed by atoms with Crippen molar-refractivity contribution < 1.29 is 13.5 Å². The molecule has 0 heterocycles. The second kappa shape index (κ2) is 6.61. The monoisotopic (exact) mass is 257 g/mol. The van der Waals surface area contributed by atoms with Crippen molar-refractivity contribution in [2.75, 3.05) is 12.3 Å². The Morgan fingerprint density at radius 1 is 1.35 bits per heavy atom. The normalized spacial score (nSPS) is 11.6. The summed E-state index contributed by atoms with van der Waals surface area (Å²) in [6, 6.07) is 6.84. The Kier molecular flexibility index (Phi) is 5.44. The van der Waals surface area contributed by atoms with Crippen LogP contribution in [0.4, 0.5) is 0 Å². The summed E-state index contributed by atoms with van der Waals surface area (Å²) in [7, 11) is -3.14. The van der Waals surface area contributed by atoms with Gasteiger partial charge in [0, 0.05) is 6.54 Å². The molecule has 4 nitrogen and oxygen atoms in total. The van der Waals surface area contributed by atoms with Crippen LogP contribution >= 0.6 is 0 Å². The van der Waals surface area contributed by atoms with E-state index in [0.29, 0.717) is 19.4 Å². The number of aromatic hydroxyl groups is 1. The molecule has 0 fully saturated rings. The van der Waals surface area contributed by atoms with E-state index in [4.69, 9.17) is 0 Å². The highest BCUT2D eigenvalue weighted by Gasteiger charge is 2.08. The van der Waals surface area contributed by atoms with Gasteiger partial charge in [-0.3, -0.25) is 0 Å². The number of sulfonamides is 1. The predicted octanol–water partition coefficient (Wildman–Crippen LogP) is 1.65. The summed E-state index contributed by atoms with van der Waals surface area (Å²) < 4.78 is 25.5. The first kappa shape index (κ1) is 14.0. The van der Waals surface area contributed by atoms with Crippen LogP contribution in [0.3, 0.4) is 0 Å². The molecular formula is C12H19NO3S. The maximum Gasteiger partial charge on any atom is 0.211 e. The Balaban J connectivity index is 2.37. The fourth-order valence-electron chi connectivity index (χ4n) is 1.47.